The molecule has 0 amide bonds. The Bertz CT molecular complexity index is 751. The molecule has 0 saturated carbocycles. The molecule has 7 heteroatoms. The lowest BCUT2D eigenvalue weighted by atomic mass is 10.3. The van der Waals surface area contributed by atoms with Crippen LogP contribution in [0.1, 0.15) is 11.5 Å². The average molecular weight is 283 g/mol. The largest absolute Gasteiger partial charge is 0.383 e. The van der Waals surface area contributed by atoms with Crippen LogP contribution in [0.15, 0.2) is 30.6 Å². The topological polar surface area (TPSA) is 85.8 Å². The second-order valence-electron chi connectivity index (χ2n) is 5.02. The lowest BCUT2D eigenvalue weighted by molar-refractivity contribution is 0.307. The SMILES string of the molecule is CN(Cc1ccccn1)Cc1nc(N)c2cnn(C)c2n1. The number of hydrogen-bond acceptors (Lipinski definition) is 6. The molecule has 0 aliphatic rings. The molecule has 0 unspecified atom stereocenters. The molecule has 0 bridgehead atoms. The van der Waals surface area contributed by atoms with E-state index in [1.165, 1.54) is 0 Å². The highest BCUT2D eigenvalue weighted by atomic mass is 15.3. The first kappa shape index (κ1) is 13.4. The Morgan fingerprint density at radius 3 is 2.86 bits per heavy atom. The number of aryl methyl sites for hydroxylation is 1. The zero-order valence-electron chi connectivity index (χ0n) is 12.1. The molecule has 7 nitrogen and oxygen atoms in total. The maximum Gasteiger partial charge on any atom is 0.163 e. The van der Waals surface area contributed by atoms with Crippen LogP contribution in [0.3, 0.4) is 0 Å². The van der Waals surface area contributed by atoms with Gasteiger partial charge in [-0.15, -0.1) is 0 Å². The number of nitrogens with zero attached hydrogens (tertiary/aromatic N) is 6. The molecular formula is C14H17N7. The number of hydrogen-bond donors (Lipinski definition) is 1. The third-order valence-electron chi connectivity index (χ3n) is 3.24. The van der Waals surface area contributed by atoms with Crippen LogP contribution in [0, 0.1) is 0 Å². The third kappa shape index (κ3) is 2.82. The number of anilines is 1. The van der Waals surface area contributed by atoms with Gasteiger partial charge in [-0.2, -0.15) is 5.10 Å². The molecule has 0 spiro atoms. The molecule has 108 valence electrons. The lowest BCUT2D eigenvalue weighted by Crippen LogP contribution is -2.20. The van der Waals surface area contributed by atoms with Gasteiger partial charge in [0.15, 0.2) is 5.65 Å². The van der Waals surface area contributed by atoms with Gasteiger partial charge in [-0.05, 0) is 19.2 Å². The van der Waals surface area contributed by atoms with Crippen LogP contribution < -0.4 is 5.73 Å². The molecular weight excluding hydrogens is 266 g/mol. The lowest BCUT2D eigenvalue weighted by Gasteiger charge is -2.15. The van der Waals surface area contributed by atoms with Crippen LogP contribution in [-0.4, -0.2) is 36.7 Å². The first-order chi connectivity index (χ1) is 10.1. The van der Waals surface area contributed by atoms with Gasteiger partial charge in [0.05, 0.1) is 23.8 Å². The first-order valence-electron chi connectivity index (χ1n) is 6.66. The van der Waals surface area contributed by atoms with Gasteiger partial charge in [0.2, 0.25) is 0 Å². The maximum atomic E-state index is 5.96. The number of fused-ring (bicyclic) bond motifs is 1. The van der Waals surface area contributed by atoms with Gasteiger partial charge in [-0.25, -0.2) is 9.97 Å². The molecule has 3 heterocycles. The van der Waals surface area contributed by atoms with Gasteiger partial charge < -0.3 is 5.73 Å². The molecule has 3 aromatic heterocycles. The quantitative estimate of drug-likeness (QED) is 0.768. The fourth-order valence-electron chi connectivity index (χ4n) is 2.23. The first-order valence-corrected chi connectivity index (χ1v) is 6.66. The summed E-state index contributed by atoms with van der Waals surface area (Å²) < 4.78 is 1.70. The highest BCUT2D eigenvalue weighted by Gasteiger charge is 2.11. The molecule has 0 aliphatic heterocycles. The van der Waals surface area contributed by atoms with E-state index < -0.39 is 0 Å². The number of aromatic nitrogens is 5. The van der Waals surface area contributed by atoms with Crippen LogP contribution in [0.4, 0.5) is 5.82 Å². The van der Waals surface area contributed by atoms with Crippen molar-refractivity contribution in [3.63, 3.8) is 0 Å². The van der Waals surface area contributed by atoms with Crippen molar-refractivity contribution in [1.82, 2.24) is 29.6 Å². The van der Waals surface area contributed by atoms with E-state index in [-0.39, 0.29) is 0 Å². The zero-order chi connectivity index (χ0) is 14.8. The number of pyridine rings is 1. The molecule has 2 N–H and O–H groups in total. The second-order valence-corrected chi connectivity index (χ2v) is 5.02. The molecule has 0 atom stereocenters. The highest BCUT2D eigenvalue weighted by Crippen LogP contribution is 2.17. The fourth-order valence-corrected chi connectivity index (χ4v) is 2.23. The normalized spacial score (nSPS) is 11.4. The Morgan fingerprint density at radius 2 is 2.10 bits per heavy atom. The number of nitrogen functional groups attached to an aromatic ring is 1. The van der Waals surface area contributed by atoms with E-state index in [2.05, 4.69) is 25.0 Å². The molecule has 21 heavy (non-hydrogen) atoms. The molecule has 3 aromatic rings. The number of nitrogens with two attached hydrogens (primary N) is 1. The summed E-state index contributed by atoms with van der Waals surface area (Å²) >= 11 is 0. The summed E-state index contributed by atoms with van der Waals surface area (Å²) in [5, 5.41) is 4.94. The van der Waals surface area contributed by atoms with Gasteiger partial charge in [0, 0.05) is 19.8 Å². The predicted octanol–water partition coefficient (Wildman–Crippen LogP) is 0.972. The fraction of sp³-hybridized carbons (Fsp3) is 0.286. The summed E-state index contributed by atoms with van der Waals surface area (Å²) in [6.45, 7) is 1.33. The summed E-state index contributed by atoms with van der Waals surface area (Å²) in [5.41, 5.74) is 7.73. The summed E-state index contributed by atoms with van der Waals surface area (Å²) in [7, 11) is 3.85. The van der Waals surface area contributed by atoms with Crippen LogP contribution in [0.2, 0.25) is 0 Å². The Hall–Kier alpha value is -2.54. The molecule has 0 saturated heterocycles. The van der Waals surface area contributed by atoms with Gasteiger partial charge in [0.25, 0.3) is 0 Å². The third-order valence-corrected chi connectivity index (χ3v) is 3.24. The average Bonchev–Trinajstić information content (AvgIpc) is 2.82. The van der Waals surface area contributed by atoms with Crippen molar-refractivity contribution in [2.24, 2.45) is 7.05 Å². The highest BCUT2D eigenvalue weighted by molar-refractivity contribution is 5.84. The Morgan fingerprint density at radius 1 is 1.24 bits per heavy atom. The van der Waals surface area contributed by atoms with Crippen LogP contribution >= 0.6 is 0 Å². The minimum absolute atomic E-state index is 0.467. The summed E-state index contributed by atoms with van der Waals surface area (Å²) in [6, 6.07) is 5.88. The van der Waals surface area contributed by atoms with E-state index in [0.717, 1.165) is 23.3 Å². The van der Waals surface area contributed by atoms with Crippen molar-refractivity contribution < 1.29 is 0 Å². The van der Waals surface area contributed by atoms with E-state index in [1.54, 1.807) is 17.1 Å². The molecule has 0 fully saturated rings. The van der Waals surface area contributed by atoms with Crippen molar-refractivity contribution in [2.45, 2.75) is 13.1 Å². The van der Waals surface area contributed by atoms with E-state index in [1.807, 2.05) is 32.3 Å². The molecule has 0 aromatic carbocycles. The van der Waals surface area contributed by atoms with Gasteiger partial charge in [-0.3, -0.25) is 14.6 Å². The monoisotopic (exact) mass is 283 g/mol. The van der Waals surface area contributed by atoms with E-state index >= 15 is 0 Å². The van der Waals surface area contributed by atoms with Crippen molar-refractivity contribution in [2.75, 3.05) is 12.8 Å². The number of rotatable bonds is 4. The summed E-state index contributed by atoms with van der Waals surface area (Å²) in [4.78, 5) is 15.3. The van der Waals surface area contributed by atoms with E-state index in [4.69, 9.17) is 5.73 Å². The van der Waals surface area contributed by atoms with E-state index in [9.17, 15) is 0 Å². The zero-order valence-corrected chi connectivity index (χ0v) is 12.1. The molecule has 0 aliphatic carbocycles. The van der Waals surface area contributed by atoms with Crippen LogP contribution in [0.25, 0.3) is 11.0 Å². The van der Waals surface area contributed by atoms with E-state index in [0.29, 0.717) is 18.2 Å². The molecule has 0 radical (unpaired) electrons. The molecule has 3 rings (SSSR count). The van der Waals surface area contributed by atoms with Crippen LogP contribution in [-0.2, 0) is 20.1 Å². The minimum Gasteiger partial charge on any atom is -0.383 e. The predicted molar refractivity (Wildman–Crippen MR) is 80.1 cm³/mol. The van der Waals surface area contributed by atoms with Crippen LogP contribution in [0.5, 0.6) is 0 Å². The van der Waals surface area contributed by atoms with Gasteiger partial charge in [0.1, 0.15) is 11.6 Å². The van der Waals surface area contributed by atoms with Crippen molar-refractivity contribution in [3.05, 3.63) is 42.1 Å². The van der Waals surface area contributed by atoms with Crippen molar-refractivity contribution in [3.8, 4) is 0 Å². The smallest absolute Gasteiger partial charge is 0.163 e. The summed E-state index contributed by atoms with van der Waals surface area (Å²) in [6.07, 6.45) is 3.48. The van der Waals surface area contributed by atoms with Crippen molar-refractivity contribution >= 4 is 16.9 Å². The summed E-state index contributed by atoms with van der Waals surface area (Å²) in [5.74, 6) is 1.15. The standard InChI is InChI=1S/C14H17N7/c1-20(8-10-5-3-4-6-16-10)9-12-18-13(15)11-7-17-21(2)14(11)19-12/h3-7H,8-9H2,1-2H3,(H2,15,18,19). The van der Waals surface area contributed by atoms with Gasteiger partial charge in [-0.1, -0.05) is 6.07 Å². The van der Waals surface area contributed by atoms with Crippen molar-refractivity contribution in [1.29, 1.82) is 0 Å². The Kier molecular flexibility index (Phi) is 3.49. The Balaban J connectivity index is 1.79. The maximum absolute atomic E-state index is 5.96. The van der Waals surface area contributed by atoms with Gasteiger partial charge >= 0.3 is 0 Å². The Labute approximate surface area is 122 Å². The second kappa shape index (κ2) is 5.45. The minimum atomic E-state index is 0.467.